The third-order valence-electron chi connectivity index (χ3n) is 2.71. The molecular weight excluding hydrogens is 250 g/mol. The number of rotatable bonds is 5. The molecule has 7 heteroatoms. The topological polar surface area (TPSA) is 98.1 Å². The van der Waals surface area contributed by atoms with E-state index in [1.807, 2.05) is 0 Å². The summed E-state index contributed by atoms with van der Waals surface area (Å²) in [7, 11) is 0. The summed E-state index contributed by atoms with van der Waals surface area (Å²) in [6.45, 7) is 2.08. The number of benzene rings is 1. The monoisotopic (exact) mass is 263 g/mol. The molecule has 19 heavy (non-hydrogen) atoms. The van der Waals surface area contributed by atoms with Crippen molar-refractivity contribution in [1.29, 1.82) is 0 Å². The van der Waals surface area contributed by atoms with Gasteiger partial charge in [0.2, 0.25) is 0 Å². The zero-order chi connectivity index (χ0) is 13.8. The Hall–Kier alpha value is -2.44. The van der Waals surface area contributed by atoms with Gasteiger partial charge in [-0.25, -0.2) is 0 Å². The van der Waals surface area contributed by atoms with E-state index in [0.717, 1.165) is 0 Å². The van der Waals surface area contributed by atoms with Gasteiger partial charge in [0.05, 0.1) is 23.5 Å². The van der Waals surface area contributed by atoms with Gasteiger partial charge < -0.3 is 4.74 Å². The molecule has 0 aliphatic heterocycles. The van der Waals surface area contributed by atoms with E-state index in [4.69, 9.17) is 4.74 Å². The van der Waals surface area contributed by atoms with Gasteiger partial charge in [0.1, 0.15) is 0 Å². The normalized spacial score (nSPS) is 10.6. The van der Waals surface area contributed by atoms with Gasteiger partial charge in [0.25, 0.3) is 5.69 Å². The van der Waals surface area contributed by atoms with Crippen LogP contribution in [0.1, 0.15) is 19.0 Å². The summed E-state index contributed by atoms with van der Waals surface area (Å²) < 4.78 is 4.83. The number of ether oxygens (including phenoxy) is 1. The molecule has 0 atom stereocenters. The third kappa shape index (κ3) is 2.87. The number of aryl methyl sites for hydroxylation is 1. The summed E-state index contributed by atoms with van der Waals surface area (Å²) >= 11 is 0. The largest absolute Gasteiger partial charge is 0.466 e. The zero-order valence-electron chi connectivity index (χ0n) is 10.4. The van der Waals surface area contributed by atoms with Crippen LogP contribution in [0.3, 0.4) is 0 Å². The average molecular weight is 263 g/mol. The molecule has 2 aromatic rings. The number of esters is 1. The second-order valence-corrected chi connectivity index (χ2v) is 3.97. The zero-order valence-corrected chi connectivity index (χ0v) is 10.4. The number of carbonyl (C=O) groups is 1. The maximum atomic E-state index is 11.3. The lowest BCUT2D eigenvalue weighted by Gasteiger charge is -2.00. The van der Waals surface area contributed by atoms with E-state index in [1.54, 1.807) is 13.0 Å². The van der Waals surface area contributed by atoms with Gasteiger partial charge in [-0.3, -0.25) is 20.0 Å². The highest BCUT2D eigenvalue weighted by Crippen LogP contribution is 2.22. The molecule has 2 rings (SSSR count). The fraction of sp³-hybridized carbons (Fsp3) is 0.333. The van der Waals surface area contributed by atoms with Crippen LogP contribution in [0.25, 0.3) is 10.9 Å². The Morgan fingerprint density at radius 1 is 1.53 bits per heavy atom. The number of nitro groups is 1. The van der Waals surface area contributed by atoms with Gasteiger partial charge >= 0.3 is 5.97 Å². The van der Waals surface area contributed by atoms with Crippen molar-refractivity contribution in [3.8, 4) is 0 Å². The Kier molecular flexibility index (Phi) is 3.74. The second kappa shape index (κ2) is 5.47. The number of hydrogen-bond acceptors (Lipinski definition) is 5. The van der Waals surface area contributed by atoms with Crippen molar-refractivity contribution in [2.45, 2.75) is 19.8 Å². The van der Waals surface area contributed by atoms with E-state index in [2.05, 4.69) is 10.2 Å². The Balaban J connectivity index is 2.21. The maximum absolute atomic E-state index is 11.3. The Morgan fingerprint density at radius 2 is 2.32 bits per heavy atom. The van der Waals surface area contributed by atoms with Crippen LogP contribution in [0, 0.1) is 10.1 Å². The summed E-state index contributed by atoms with van der Waals surface area (Å²) in [4.78, 5) is 21.6. The van der Waals surface area contributed by atoms with Crippen LogP contribution in [-0.4, -0.2) is 27.7 Å². The molecule has 1 N–H and O–H groups in total. The SMILES string of the molecule is CCOC(=O)CCc1[nH]nc2ccc([N+](=O)[O-])cc12. The number of aromatic nitrogens is 2. The molecule has 1 heterocycles. The van der Waals surface area contributed by atoms with Gasteiger partial charge in [-0.1, -0.05) is 0 Å². The molecule has 1 aromatic carbocycles. The first-order chi connectivity index (χ1) is 9.11. The van der Waals surface area contributed by atoms with E-state index in [9.17, 15) is 14.9 Å². The van der Waals surface area contributed by atoms with Gasteiger partial charge in [-0.15, -0.1) is 0 Å². The predicted octanol–water partition coefficient (Wildman–Crippen LogP) is 1.97. The first-order valence-electron chi connectivity index (χ1n) is 5.89. The molecule has 0 radical (unpaired) electrons. The number of nitrogens with one attached hydrogen (secondary N) is 1. The smallest absolute Gasteiger partial charge is 0.306 e. The van der Waals surface area contributed by atoms with Crippen molar-refractivity contribution < 1.29 is 14.5 Å². The van der Waals surface area contributed by atoms with Crippen molar-refractivity contribution >= 4 is 22.6 Å². The van der Waals surface area contributed by atoms with Crippen molar-refractivity contribution in [2.75, 3.05) is 6.61 Å². The van der Waals surface area contributed by atoms with Crippen LogP contribution >= 0.6 is 0 Å². The lowest BCUT2D eigenvalue weighted by atomic mass is 10.1. The highest BCUT2D eigenvalue weighted by Gasteiger charge is 2.12. The molecule has 0 aliphatic rings. The molecule has 0 saturated carbocycles. The number of fused-ring (bicyclic) bond motifs is 1. The Labute approximate surface area is 108 Å². The predicted molar refractivity (Wildman–Crippen MR) is 67.7 cm³/mol. The van der Waals surface area contributed by atoms with Gasteiger partial charge in [0.15, 0.2) is 0 Å². The number of nitro benzene ring substituents is 1. The number of hydrogen-bond donors (Lipinski definition) is 1. The molecule has 0 spiro atoms. The van der Waals surface area contributed by atoms with Crippen molar-refractivity contribution in [2.24, 2.45) is 0 Å². The first-order valence-corrected chi connectivity index (χ1v) is 5.89. The van der Waals surface area contributed by atoms with E-state index in [0.29, 0.717) is 29.6 Å². The second-order valence-electron chi connectivity index (χ2n) is 3.97. The molecule has 0 unspecified atom stereocenters. The molecule has 1 aromatic heterocycles. The van der Waals surface area contributed by atoms with Crippen LogP contribution in [0.15, 0.2) is 18.2 Å². The molecule has 0 amide bonds. The summed E-state index contributed by atoms with van der Waals surface area (Å²) in [5, 5.41) is 18.2. The summed E-state index contributed by atoms with van der Waals surface area (Å²) in [6.07, 6.45) is 0.629. The highest BCUT2D eigenvalue weighted by atomic mass is 16.6. The van der Waals surface area contributed by atoms with Gasteiger partial charge in [-0.2, -0.15) is 5.10 Å². The number of nitrogens with zero attached hydrogens (tertiary/aromatic N) is 2. The number of carbonyl (C=O) groups excluding carboxylic acids is 1. The van der Waals surface area contributed by atoms with E-state index >= 15 is 0 Å². The molecule has 0 fully saturated rings. The van der Waals surface area contributed by atoms with E-state index in [1.165, 1.54) is 12.1 Å². The summed E-state index contributed by atoms with van der Waals surface area (Å²) in [5.74, 6) is -0.296. The molecule has 0 saturated heterocycles. The van der Waals surface area contributed by atoms with Gasteiger partial charge in [0, 0.05) is 29.6 Å². The van der Waals surface area contributed by atoms with E-state index in [-0.39, 0.29) is 18.1 Å². The van der Waals surface area contributed by atoms with Crippen LogP contribution in [0.2, 0.25) is 0 Å². The Morgan fingerprint density at radius 3 is 3.00 bits per heavy atom. The maximum Gasteiger partial charge on any atom is 0.306 e. The third-order valence-corrected chi connectivity index (χ3v) is 2.71. The number of H-pyrrole nitrogens is 1. The lowest BCUT2D eigenvalue weighted by molar-refractivity contribution is -0.384. The van der Waals surface area contributed by atoms with Crippen molar-refractivity contribution in [3.05, 3.63) is 34.0 Å². The quantitative estimate of drug-likeness (QED) is 0.505. The lowest BCUT2D eigenvalue weighted by Crippen LogP contribution is -2.05. The highest BCUT2D eigenvalue weighted by molar-refractivity contribution is 5.84. The molecule has 0 aliphatic carbocycles. The first kappa shape index (κ1) is 13.0. The minimum atomic E-state index is -0.457. The summed E-state index contributed by atoms with van der Waals surface area (Å²) in [6, 6.07) is 4.44. The number of aromatic amines is 1. The van der Waals surface area contributed by atoms with Crippen LogP contribution in [-0.2, 0) is 16.0 Å². The van der Waals surface area contributed by atoms with Crippen molar-refractivity contribution in [3.63, 3.8) is 0 Å². The van der Waals surface area contributed by atoms with Gasteiger partial charge in [-0.05, 0) is 13.0 Å². The van der Waals surface area contributed by atoms with Crippen LogP contribution in [0.5, 0.6) is 0 Å². The van der Waals surface area contributed by atoms with Crippen LogP contribution < -0.4 is 0 Å². The fourth-order valence-electron chi connectivity index (χ4n) is 1.82. The molecule has 100 valence electrons. The average Bonchev–Trinajstić information content (AvgIpc) is 2.79. The summed E-state index contributed by atoms with van der Waals surface area (Å²) in [5.41, 5.74) is 1.35. The number of non-ortho nitro benzene ring substituents is 1. The standard InChI is InChI=1S/C12H13N3O4/c1-2-19-12(16)6-5-11-9-7-8(15(17)18)3-4-10(9)13-14-11/h3-4,7H,2,5-6H2,1H3,(H,13,14). The minimum absolute atomic E-state index is 0.00582. The van der Waals surface area contributed by atoms with E-state index < -0.39 is 4.92 Å². The molecule has 0 bridgehead atoms. The van der Waals surface area contributed by atoms with Crippen molar-refractivity contribution in [1.82, 2.24) is 10.2 Å². The fourth-order valence-corrected chi connectivity index (χ4v) is 1.82. The molecule has 7 nitrogen and oxygen atoms in total. The Bertz CT molecular complexity index is 620. The minimum Gasteiger partial charge on any atom is -0.466 e. The van der Waals surface area contributed by atoms with Crippen LogP contribution in [0.4, 0.5) is 5.69 Å². The molecular formula is C12H13N3O4.